The zero-order valence-electron chi connectivity index (χ0n) is 16.3. The molecule has 0 saturated heterocycles. The van der Waals surface area contributed by atoms with Gasteiger partial charge in [-0.1, -0.05) is 5.57 Å². The minimum atomic E-state index is -0.493. The van der Waals surface area contributed by atoms with E-state index in [1.165, 1.54) is 12.3 Å². The fourth-order valence-electron chi connectivity index (χ4n) is 3.41. The zero-order valence-corrected chi connectivity index (χ0v) is 16.3. The summed E-state index contributed by atoms with van der Waals surface area (Å²) in [5.74, 6) is 0.612. The summed E-state index contributed by atoms with van der Waals surface area (Å²) in [6.45, 7) is 3.90. The molecular formula is C22H20O7. The maximum absolute atomic E-state index is 11.8. The van der Waals surface area contributed by atoms with Crippen LogP contribution in [-0.4, -0.2) is 25.8 Å². The summed E-state index contributed by atoms with van der Waals surface area (Å²) in [5.41, 5.74) is 1.85. The maximum atomic E-state index is 11.8. The van der Waals surface area contributed by atoms with E-state index in [4.69, 9.17) is 23.0 Å². The van der Waals surface area contributed by atoms with Crippen molar-refractivity contribution < 1.29 is 27.8 Å². The molecule has 150 valence electrons. The van der Waals surface area contributed by atoms with Crippen molar-refractivity contribution in [2.75, 3.05) is 13.7 Å². The van der Waals surface area contributed by atoms with Crippen molar-refractivity contribution in [1.29, 1.82) is 0 Å². The van der Waals surface area contributed by atoms with Gasteiger partial charge in [-0.2, -0.15) is 0 Å². The average molecular weight is 396 g/mol. The van der Waals surface area contributed by atoms with Crippen molar-refractivity contribution in [1.82, 2.24) is 0 Å². The molecule has 3 aromatic rings. The molecule has 0 spiro atoms. The van der Waals surface area contributed by atoms with Crippen LogP contribution in [0.15, 0.2) is 61.4 Å². The van der Waals surface area contributed by atoms with Gasteiger partial charge in [0.05, 0.1) is 24.1 Å². The Balaban J connectivity index is 1.62. The monoisotopic (exact) mass is 396 g/mol. The number of benzene rings is 1. The first-order chi connectivity index (χ1) is 14.0. The number of ether oxygens (including phenoxy) is 3. The maximum Gasteiger partial charge on any atom is 0.336 e. The van der Waals surface area contributed by atoms with Crippen molar-refractivity contribution in [2.45, 2.75) is 26.4 Å². The molecule has 0 saturated carbocycles. The van der Waals surface area contributed by atoms with Gasteiger partial charge in [0.2, 0.25) is 5.75 Å². The van der Waals surface area contributed by atoms with Gasteiger partial charge in [-0.15, -0.1) is 0 Å². The van der Waals surface area contributed by atoms with Gasteiger partial charge in [-0.05, 0) is 38.1 Å². The molecule has 7 heteroatoms. The molecule has 7 nitrogen and oxygen atoms in total. The number of fused-ring (bicyclic) bond motifs is 2. The predicted octanol–water partition coefficient (Wildman–Crippen LogP) is 4.13. The van der Waals surface area contributed by atoms with Crippen LogP contribution in [0.5, 0.6) is 11.5 Å². The molecule has 2 aromatic heterocycles. The fraction of sp³-hybridized carbons (Fsp3) is 0.273. The summed E-state index contributed by atoms with van der Waals surface area (Å²) in [6.07, 6.45) is 5.57. The van der Waals surface area contributed by atoms with E-state index in [-0.39, 0.29) is 24.3 Å². The van der Waals surface area contributed by atoms with Crippen LogP contribution in [0, 0.1) is 0 Å². The second-order valence-corrected chi connectivity index (χ2v) is 6.88. The van der Waals surface area contributed by atoms with Crippen LogP contribution in [0.1, 0.15) is 20.3 Å². The highest BCUT2D eigenvalue weighted by atomic mass is 16.5. The van der Waals surface area contributed by atoms with E-state index >= 15 is 0 Å². The number of hydrogen-bond donors (Lipinski definition) is 0. The van der Waals surface area contributed by atoms with E-state index in [1.54, 1.807) is 26.2 Å². The molecule has 1 aliphatic rings. The lowest BCUT2D eigenvalue weighted by atomic mass is 10.1. The molecule has 4 rings (SSSR count). The van der Waals surface area contributed by atoms with E-state index in [2.05, 4.69) is 0 Å². The summed E-state index contributed by atoms with van der Waals surface area (Å²) in [5, 5.41) is 1.35. The van der Waals surface area contributed by atoms with Gasteiger partial charge in [-0.25, -0.2) is 9.59 Å². The summed E-state index contributed by atoms with van der Waals surface area (Å²) in [4.78, 5) is 23.3. The molecule has 29 heavy (non-hydrogen) atoms. The topological polar surface area (TPSA) is 88.1 Å². The third-order valence-corrected chi connectivity index (χ3v) is 4.80. The Morgan fingerprint density at radius 2 is 1.93 bits per heavy atom. The normalized spacial score (nSPS) is 16.9. The van der Waals surface area contributed by atoms with Gasteiger partial charge in [0, 0.05) is 18.1 Å². The van der Waals surface area contributed by atoms with Crippen LogP contribution in [0.3, 0.4) is 0 Å². The highest BCUT2D eigenvalue weighted by Crippen LogP contribution is 2.42. The van der Waals surface area contributed by atoms with E-state index in [9.17, 15) is 9.59 Å². The average Bonchev–Trinajstić information content (AvgIpc) is 3.28. The first-order valence-electron chi connectivity index (χ1n) is 9.16. The number of carbonyl (C=O) groups is 1. The van der Waals surface area contributed by atoms with Crippen molar-refractivity contribution in [3.63, 3.8) is 0 Å². The molecule has 1 aromatic carbocycles. The smallest absolute Gasteiger partial charge is 0.336 e. The first kappa shape index (κ1) is 18.9. The standard InChI is InChI=1S/C22H20O7/c1-12(10-14-11-13(2)22(24)28-14)6-8-27-21-19-16(7-9-26-19)18(25-3)15-4-5-17(23)29-20(15)21/h4-7,9,11,14H,8,10H2,1-3H3/b12-6+. The van der Waals surface area contributed by atoms with Crippen LogP contribution in [0.25, 0.3) is 21.9 Å². The lowest BCUT2D eigenvalue weighted by Crippen LogP contribution is -2.08. The number of carbonyl (C=O) groups excluding carboxylic acids is 1. The third kappa shape index (κ3) is 3.51. The van der Waals surface area contributed by atoms with E-state index in [0.717, 1.165) is 11.0 Å². The Morgan fingerprint density at radius 3 is 2.66 bits per heavy atom. The molecule has 0 aliphatic carbocycles. The molecular weight excluding hydrogens is 376 g/mol. The summed E-state index contributed by atoms with van der Waals surface area (Å²) >= 11 is 0. The Morgan fingerprint density at radius 1 is 1.14 bits per heavy atom. The van der Waals surface area contributed by atoms with Gasteiger partial charge in [0.15, 0.2) is 11.2 Å². The van der Waals surface area contributed by atoms with Gasteiger partial charge in [-0.3, -0.25) is 0 Å². The van der Waals surface area contributed by atoms with Crippen molar-refractivity contribution >= 4 is 27.9 Å². The molecule has 1 aliphatic heterocycles. The van der Waals surface area contributed by atoms with Crippen molar-refractivity contribution in [3.8, 4) is 11.5 Å². The largest absolute Gasteiger partial charge is 0.495 e. The van der Waals surface area contributed by atoms with Crippen LogP contribution in [0.2, 0.25) is 0 Å². The quantitative estimate of drug-likeness (QED) is 0.352. The number of methoxy groups -OCH3 is 1. The van der Waals surface area contributed by atoms with Crippen molar-refractivity contribution in [2.24, 2.45) is 0 Å². The molecule has 0 bridgehead atoms. The Hall–Kier alpha value is -3.48. The second-order valence-electron chi connectivity index (χ2n) is 6.88. The summed E-state index contributed by atoms with van der Waals surface area (Å²) < 4.78 is 27.7. The molecule has 0 amide bonds. The van der Waals surface area contributed by atoms with Crippen molar-refractivity contribution in [3.05, 3.63) is 58.2 Å². The minimum absolute atomic E-state index is 0.227. The van der Waals surface area contributed by atoms with Crippen LogP contribution < -0.4 is 15.1 Å². The van der Waals surface area contributed by atoms with Crippen LogP contribution in [-0.2, 0) is 9.53 Å². The Labute approximate surface area is 166 Å². The number of hydrogen-bond acceptors (Lipinski definition) is 7. The lowest BCUT2D eigenvalue weighted by Gasteiger charge is -2.12. The molecule has 3 heterocycles. The summed E-state index contributed by atoms with van der Waals surface area (Å²) in [7, 11) is 1.55. The number of cyclic esters (lactones) is 1. The highest BCUT2D eigenvalue weighted by molar-refractivity contribution is 6.06. The fourth-order valence-corrected chi connectivity index (χ4v) is 3.41. The highest BCUT2D eigenvalue weighted by Gasteiger charge is 2.23. The molecule has 0 radical (unpaired) electrons. The molecule has 1 unspecified atom stereocenters. The third-order valence-electron chi connectivity index (χ3n) is 4.80. The number of esters is 1. The zero-order chi connectivity index (χ0) is 20.5. The Kier molecular flexibility index (Phi) is 4.88. The van der Waals surface area contributed by atoms with Gasteiger partial charge in [0.1, 0.15) is 18.5 Å². The SMILES string of the molecule is COc1c2ccoc2c(OC/C=C(\C)CC2C=C(C)C(=O)O2)c2oc(=O)ccc12. The summed E-state index contributed by atoms with van der Waals surface area (Å²) in [6, 6.07) is 4.75. The number of rotatable bonds is 6. The molecule has 1 atom stereocenters. The van der Waals surface area contributed by atoms with E-state index in [1.807, 2.05) is 19.1 Å². The molecule has 0 fully saturated rings. The first-order valence-corrected chi connectivity index (χ1v) is 9.16. The second kappa shape index (κ2) is 7.50. The minimum Gasteiger partial charge on any atom is -0.495 e. The molecule has 0 N–H and O–H groups in total. The van der Waals surface area contributed by atoms with E-state index < -0.39 is 5.63 Å². The van der Waals surface area contributed by atoms with Gasteiger partial charge >= 0.3 is 11.6 Å². The van der Waals surface area contributed by atoms with Crippen LogP contribution in [0.4, 0.5) is 0 Å². The predicted molar refractivity (Wildman–Crippen MR) is 106 cm³/mol. The van der Waals surface area contributed by atoms with Crippen LogP contribution >= 0.6 is 0 Å². The number of furan rings is 1. The van der Waals surface area contributed by atoms with Gasteiger partial charge < -0.3 is 23.0 Å². The Bertz CT molecular complexity index is 1210. The van der Waals surface area contributed by atoms with Gasteiger partial charge in [0.25, 0.3) is 0 Å². The van der Waals surface area contributed by atoms with E-state index in [0.29, 0.717) is 34.5 Å². The lowest BCUT2D eigenvalue weighted by molar-refractivity contribution is -0.139.